The smallest absolute Gasteiger partial charge is 0.125 e. The summed E-state index contributed by atoms with van der Waals surface area (Å²) in [5.74, 6) is 1.44. The zero-order valence-corrected chi connectivity index (χ0v) is 7.26. The zero-order valence-electron chi connectivity index (χ0n) is 7.26. The fourth-order valence-corrected chi connectivity index (χ4v) is 0.912. The van der Waals surface area contributed by atoms with Crippen LogP contribution in [0.5, 0.6) is 0 Å². The summed E-state index contributed by atoms with van der Waals surface area (Å²) in [6.45, 7) is 4.28. The lowest BCUT2D eigenvalue weighted by Gasteiger charge is -2.05. The molecular formula is C9H16N2. The minimum absolute atomic E-state index is 0. The van der Waals surface area contributed by atoms with E-state index in [9.17, 15) is 0 Å². The third-order valence-electron chi connectivity index (χ3n) is 1.62. The normalized spacial score (nSPS) is 10.2. The predicted octanol–water partition coefficient (Wildman–Crippen LogP) is 2.49. The molecule has 0 unspecified atom stereocenters. The van der Waals surface area contributed by atoms with Gasteiger partial charge in [-0.25, -0.2) is 4.98 Å². The van der Waals surface area contributed by atoms with Gasteiger partial charge >= 0.3 is 0 Å². The molecule has 0 radical (unpaired) electrons. The van der Waals surface area contributed by atoms with Gasteiger partial charge in [0.2, 0.25) is 0 Å². The minimum atomic E-state index is 0. The van der Waals surface area contributed by atoms with Crippen molar-refractivity contribution in [3.63, 3.8) is 0 Å². The van der Waals surface area contributed by atoms with E-state index in [1.165, 1.54) is 0 Å². The highest BCUT2D eigenvalue weighted by atomic mass is 15.0. The summed E-state index contributed by atoms with van der Waals surface area (Å²) in [7, 11) is 1.88. The second kappa shape index (κ2) is 3.37. The van der Waals surface area contributed by atoms with Crippen molar-refractivity contribution in [2.24, 2.45) is 0 Å². The third kappa shape index (κ3) is 1.93. The lowest BCUT2D eigenvalue weighted by Crippen LogP contribution is -1.97. The van der Waals surface area contributed by atoms with E-state index < -0.39 is 0 Å². The number of aromatic nitrogens is 1. The van der Waals surface area contributed by atoms with Gasteiger partial charge in [-0.2, -0.15) is 0 Å². The molecule has 1 aromatic rings. The maximum atomic E-state index is 4.38. The Labute approximate surface area is 69.1 Å². The second-order valence-electron chi connectivity index (χ2n) is 2.85. The van der Waals surface area contributed by atoms with Crippen LogP contribution >= 0.6 is 0 Å². The average molecular weight is 152 g/mol. The molecule has 2 nitrogen and oxygen atoms in total. The van der Waals surface area contributed by atoms with E-state index in [4.69, 9.17) is 0 Å². The van der Waals surface area contributed by atoms with Crippen molar-refractivity contribution in [1.29, 1.82) is 0 Å². The lowest BCUT2D eigenvalue weighted by molar-refractivity contribution is 0.824. The Balaban J connectivity index is 0.00000121. The highest BCUT2D eigenvalue weighted by molar-refractivity contribution is 5.34. The van der Waals surface area contributed by atoms with Crippen LogP contribution in [0.15, 0.2) is 18.2 Å². The molecule has 1 heterocycles. The van der Waals surface area contributed by atoms with E-state index in [-0.39, 0.29) is 1.43 Å². The van der Waals surface area contributed by atoms with Gasteiger partial charge in [-0.15, -0.1) is 0 Å². The van der Waals surface area contributed by atoms with Crippen molar-refractivity contribution >= 4 is 5.82 Å². The lowest BCUT2D eigenvalue weighted by atomic mass is 10.1. The molecule has 2 heteroatoms. The van der Waals surface area contributed by atoms with Crippen molar-refractivity contribution in [2.45, 2.75) is 19.8 Å². The highest BCUT2D eigenvalue weighted by Crippen LogP contribution is 2.12. The van der Waals surface area contributed by atoms with E-state index in [0.717, 1.165) is 11.5 Å². The number of pyridine rings is 1. The Morgan fingerprint density at radius 3 is 2.73 bits per heavy atom. The van der Waals surface area contributed by atoms with Crippen LogP contribution in [0.25, 0.3) is 0 Å². The van der Waals surface area contributed by atoms with Crippen LogP contribution in [-0.4, -0.2) is 12.0 Å². The summed E-state index contributed by atoms with van der Waals surface area (Å²) in [6.07, 6.45) is 0. The number of hydrogen-bond donors (Lipinski definition) is 1. The molecule has 62 valence electrons. The maximum absolute atomic E-state index is 4.38. The SMILES string of the molecule is CNc1cccc(C(C)C)n1.[HH]. The van der Waals surface area contributed by atoms with Gasteiger partial charge in [-0.3, -0.25) is 0 Å². The topological polar surface area (TPSA) is 24.9 Å². The van der Waals surface area contributed by atoms with Crippen LogP contribution in [0.2, 0.25) is 0 Å². The summed E-state index contributed by atoms with van der Waals surface area (Å²) in [5, 5.41) is 3.01. The Morgan fingerprint density at radius 2 is 2.18 bits per heavy atom. The molecule has 0 spiro atoms. The van der Waals surface area contributed by atoms with Gasteiger partial charge in [0.05, 0.1) is 0 Å². The number of rotatable bonds is 2. The highest BCUT2D eigenvalue weighted by Gasteiger charge is 1.99. The summed E-state index contributed by atoms with van der Waals surface area (Å²) in [6, 6.07) is 6.03. The van der Waals surface area contributed by atoms with Gasteiger partial charge in [-0.1, -0.05) is 19.9 Å². The molecule has 0 bridgehead atoms. The molecule has 0 aromatic carbocycles. The largest absolute Gasteiger partial charge is 0.373 e. The van der Waals surface area contributed by atoms with E-state index in [1.807, 2.05) is 25.2 Å². The first-order valence-electron chi connectivity index (χ1n) is 3.88. The third-order valence-corrected chi connectivity index (χ3v) is 1.62. The van der Waals surface area contributed by atoms with Gasteiger partial charge < -0.3 is 5.32 Å². The Morgan fingerprint density at radius 1 is 1.45 bits per heavy atom. The second-order valence-corrected chi connectivity index (χ2v) is 2.85. The molecule has 0 aliphatic rings. The van der Waals surface area contributed by atoms with Crippen LogP contribution < -0.4 is 5.32 Å². The van der Waals surface area contributed by atoms with E-state index in [2.05, 4.69) is 24.1 Å². The molecule has 0 aliphatic carbocycles. The molecule has 0 amide bonds. The fourth-order valence-electron chi connectivity index (χ4n) is 0.912. The van der Waals surface area contributed by atoms with Crippen LogP contribution in [0.1, 0.15) is 26.9 Å². The number of anilines is 1. The zero-order chi connectivity index (χ0) is 8.27. The van der Waals surface area contributed by atoms with E-state index >= 15 is 0 Å². The number of nitrogens with zero attached hydrogens (tertiary/aromatic N) is 1. The van der Waals surface area contributed by atoms with Crippen molar-refractivity contribution in [3.8, 4) is 0 Å². The van der Waals surface area contributed by atoms with E-state index in [0.29, 0.717) is 5.92 Å². The van der Waals surface area contributed by atoms with Crippen LogP contribution in [-0.2, 0) is 0 Å². The van der Waals surface area contributed by atoms with Gasteiger partial charge in [0.15, 0.2) is 0 Å². The summed E-state index contributed by atoms with van der Waals surface area (Å²) in [4.78, 5) is 4.38. The Kier molecular flexibility index (Phi) is 2.47. The first-order valence-corrected chi connectivity index (χ1v) is 3.88. The van der Waals surface area contributed by atoms with Crippen LogP contribution in [0.4, 0.5) is 5.82 Å². The molecule has 0 aliphatic heterocycles. The molecule has 0 fully saturated rings. The maximum Gasteiger partial charge on any atom is 0.125 e. The molecule has 0 saturated carbocycles. The number of nitrogens with one attached hydrogen (secondary N) is 1. The standard InChI is InChI=1S/C9H14N2.H2/c1-7(2)8-5-4-6-9(10-3)11-8;/h4-7H,1-3H3,(H,10,11);1H. The van der Waals surface area contributed by atoms with Gasteiger partial charge in [0.25, 0.3) is 0 Å². The molecule has 1 N–H and O–H groups in total. The first-order chi connectivity index (χ1) is 5.24. The van der Waals surface area contributed by atoms with Crippen molar-refractivity contribution < 1.29 is 1.43 Å². The first kappa shape index (κ1) is 8.05. The molecule has 1 aromatic heterocycles. The summed E-state index contributed by atoms with van der Waals surface area (Å²) >= 11 is 0. The molecule has 0 atom stereocenters. The van der Waals surface area contributed by atoms with Crippen molar-refractivity contribution in [2.75, 3.05) is 12.4 Å². The minimum Gasteiger partial charge on any atom is -0.373 e. The average Bonchev–Trinajstić information content (AvgIpc) is 2.05. The fraction of sp³-hybridized carbons (Fsp3) is 0.444. The van der Waals surface area contributed by atoms with Crippen molar-refractivity contribution in [3.05, 3.63) is 23.9 Å². The van der Waals surface area contributed by atoms with Gasteiger partial charge in [-0.05, 0) is 18.1 Å². The molecule has 0 saturated heterocycles. The predicted molar refractivity (Wildman–Crippen MR) is 50.0 cm³/mol. The van der Waals surface area contributed by atoms with Gasteiger partial charge in [0.1, 0.15) is 5.82 Å². The van der Waals surface area contributed by atoms with E-state index in [1.54, 1.807) is 0 Å². The number of hydrogen-bond acceptors (Lipinski definition) is 2. The molecular weight excluding hydrogens is 136 g/mol. The quantitative estimate of drug-likeness (QED) is 0.704. The summed E-state index contributed by atoms with van der Waals surface area (Å²) in [5.41, 5.74) is 1.14. The van der Waals surface area contributed by atoms with Crippen molar-refractivity contribution in [1.82, 2.24) is 4.98 Å². The Hall–Kier alpha value is -1.05. The van der Waals surface area contributed by atoms with Crippen LogP contribution in [0.3, 0.4) is 0 Å². The monoisotopic (exact) mass is 152 g/mol. The summed E-state index contributed by atoms with van der Waals surface area (Å²) < 4.78 is 0. The van der Waals surface area contributed by atoms with Crippen LogP contribution in [0, 0.1) is 0 Å². The Bertz CT molecular complexity index is 236. The van der Waals surface area contributed by atoms with Gasteiger partial charge in [0, 0.05) is 14.2 Å². The molecule has 11 heavy (non-hydrogen) atoms. The molecule has 1 rings (SSSR count).